The van der Waals surface area contributed by atoms with Gasteiger partial charge in [-0.3, -0.25) is 4.90 Å². The lowest BCUT2D eigenvalue weighted by Gasteiger charge is -2.15. The van der Waals surface area contributed by atoms with Crippen LogP contribution in [0, 0.1) is 0 Å². The minimum absolute atomic E-state index is 0.0450. The smallest absolute Gasteiger partial charge is 0.275 e. The maximum Gasteiger partial charge on any atom is 0.275 e. The lowest BCUT2D eigenvalue weighted by Crippen LogP contribution is -2.22. The van der Waals surface area contributed by atoms with Crippen molar-refractivity contribution in [2.24, 2.45) is 0 Å². The van der Waals surface area contributed by atoms with Crippen molar-refractivity contribution in [3.05, 3.63) is 17.9 Å². The Kier molecular flexibility index (Phi) is 5.54. The van der Waals surface area contributed by atoms with E-state index in [1.807, 2.05) is 11.9 Å². The van der Waals surface area contributed by atoms with Crippen LogP contribution >= 0.6 is 0 Å². The molecule has 0 amide bonds. The minimum Gasteiger partial charge on any atom is -0.447 e. The number of rotatable bonds is 7. The summed E-state index contributed by atoms with van der Waals surface area (Å²) < 4.78 is 30.1. The molecule has 0 spiro atoms. The van der Waals surface area contributed by atoms with E-state index in [0.717, 1.165) is 4.31 Å². The molecule has 0 aliphatic rings. The van der Waals surface area contributed by atoms with Crippen molar-refractivity contribution in [3.63, 3.8) is 0 Å². The Hall–Kier alpha value is -0.890. The van der Waals surface area contributed by atoms with Gasteiger partial charge >= 0.3 is 0 Å². The van der Waals surface area contributed by atoms with Gasteiger partial charge in [0.25, 0.3) is 10.0 Å². The van der Waals surface area contributed by atoms with E-state index in [4.69, 9.17) is 4.42 Å². The zero-order valence-corrected chi connectivity index (χ0v) is 12.6. The van der Waals surface area contributed by atoms with E-state index in [-0.39, 0.29) is 11.2 Å². The quantitative estimate of drug-likeness (QED) is 0.801. The van der Waals surface area contributed by atoms with E-state index in [0.29, 0.717) is 25.3 Å². The minimum atomic E-state index is -3.51. The summed E-state index contributed by atoms with van der Waals surface area (Å²) in [5.74, 6) is 0.591. The van der Waals surface area contributed by atoms with Crippen LogP contribution in [0.25, 0.3) is 0 Å². The fourth-order valence-electron chi connectivity index (χ4n) is 1.51. The second kappa shape index (κ2) is 6.51. The monoisotopic (exact) mass is 290 g/mol. The highest BCUT2D eigenvalue weighted by atomic mass is 32.2. The SMILES string of the molecule is CC(O)CCN(C)Cc1ccc(S(=O)(=O)N(C)C)o1. The number of nitrogens with zero attached hydrogens (tertiary/aromatic N) is 2. The molecule has 0 saturated carbocycles. The Bertz CT molecular complexity index is 494. The number of hydrogen-bond acceptors (Lipinski definition) is 5. The molecule has 1 aromatic rings. The number of hydrogen-bond donors (Lipinski definition) is 1. The number of furan rings is 1. The van der Waals surface area contributed by atoms with Crippen molar-refractivity contribution in [1.29, 1.82) is 0 Å². The van der Waals surface area contributed by atoms with Crippen LogP contribution in [0.2, 0.25) is 0 Å². The van der Waals surface area contributed by atoms with E-state index in [9.17, 15) is 13.5 Å². The second-order valence-electron chi connectivity index (χ2n) is 4.88. The summed E-state index contributed by atoms with van der Waals surface area (Å²) in [5.41, 5.74) is 0. The molecule has 6 nitrogen and oxygen atoms in total. The average molecular weight is 290 g/mol. The predicted molar refractivity (Wildman–Crippen MR) is 72.2 cm³/mol. The van der Waals surface area contributed by atoms with Crippen molar-refractivity contribution in [1.82, 2.24) is 9.21 Å². The van der Waals surface area contributed by atoms with Crippen molar-refractivity contribution in [3.8, 4) is 0 Å². The molecule has 0 bridgehead atoms. The summed E-state index contributed by atoms with van der Waals surface area (Å²) in [6.45, 7) is 2.96. The van der Waals surface area contributed by atoms with Crippen LogP contribution in [0.15, 0.2) is 21.6 Å². The first kappa shape index (κ1) is 16.2. The van der Waals surface area contributed by atoms with Gasteiger partial charge in [0.2, 0.25) is 5.09 Å². The van der Waals surface area contributed by atoms with Crippen LogP contribution in [0.3, 0.4) is 0 Å². The molecule has 7 heteroatoms. The highest BCUT2D eigenvalue weighted by Gasteiger charge is 2.21. The summed E-state index contributed by atoms with van der Waals surface area (Å²) in [6.07, 6.45) is 0.323. The maximum atomic E-state index is 11.8. The van der Waals surface area contributed by atoms with Crippen molar-refractivity contribution in [2.75, 3.05) is 27.7 Å². The van der Waals surface area contributed by atoms with E-state index < -0.39 is 10.0 Å². The molecule has 1 aromatic heterocycles. The third-order valence-electron chi connectivity index (χ3n) is 2.73. The third kappa shape index (κ3) is 4.61. The molecule has 0 radical (unpaired) electrons. The zero-order valence-electron chi connectivity index (χ0n) is 11.8. The van der Waals surface area contributed by atoms with Gasteiger partial charge in [-0.1, -0.05) is 0 Å². The maximum absolute atomic E-state index is 11.8. The molecule has 0 aromatic carbocycles. The molecule has 0 saturated heterocycles. The van der Waals surface area contributed by atoms with Crippen molar-refractivity contribution >= 4 is 10.0 Å². The fourth-order valence-corrected chi connectivity index (χ4v) is 2.33. The van der Waals surface area contributed by atoms with Crippen LogP contribution in [0.1, 0.15) is 19.1 Å². The first-order chi connectivity index (χ1) is 8.73. The predicted octanol–water partition coefficient (Wildman–Crippen LogP) is 0.733. The molecular weight excluding hydrogens is 268 g/mol. The van der Waals surface area contributed by atoms with Gasteiger partial charge in [-0.25, -0.2) is 12.7 Å². The van der Waals surface area contributed by atoms with Gasteiger partial charge in [-0.15, -0.1) is 0 Å². The molecule has 1 rings (SSSR count). The Balaban J connectivity index is 2.66. The normalized spacial score (nSPS) is 14.3. The summed E-state index contributed by atoms with van der Waals surface area (Å²) in [6, 6.07) is 3.13. The summed E-state index contributed by atoms with van der Waals surface area (Å²) in [5, 5.41) is 9.16. The number of aliphatic hydroxyl groups is 1. The van der Waals surface area contributed by atoms with Gasteiger partial charge in [-0.05, 0) is 32.5 Å². The molecular formula is C12H22N2O4S. The summed E-state index contributed by atoms with van der Waals surface area (Å²) >= 11 is 0. The number of aliphatic hydroxyl groups excluding tert-OH is 1. The highest BCUT2D eigenvalue weighted by Crippen LogP contribution is 2.17. The van der Waals surface area contributed by atoms with Gasteiger partial charge in [0.1, 0.15) is 5.76 Å². The van der Waals surface area contributed by atoms with Crippen LogP contribution in [-0.2, 0) is 16.6 Å². The highest BCUT2D eigenvalue weighted by molar-refractivity contribution is 7.88. The molecule has 0 aliphatic carbocycles. The van der Waals surface area contributed by atoms with Crippen molar-refractivity contribution in [2.45, 2.75) is 31.1 Å². The molecule has 0 fully saturated rings. The molecule has 1 unspecified atom stereocenters. The fraction of sp³-hybridized carbons (Fsp3) is 0.667. The summed E-state index contributed by atoms with van der Waals surface area (Å²) in [4.78, 5) is 1.97. The van der Waals surface area contributed by atoms with Gasteiger partial charge < -0.3 is 9.52 Å². The first-order valence-corrected chi connectivity index (χ1v) is 7.55. The molecule has 1 heterocycles. The molecule has 1 N–H and O–H groups in total. The lowest BCUT2D eigenvalue weighted by atomic mass is 10.3. The number of sulfonamides is 1. The van der Waals surface area contributed by atoms with Gasteiger partial charge in [0.15, 0.2) is 0 Å². The van der Waals surface area contributed by atoms with Crippen LogP contribution < -0.4 is 0 Å². The third-order valence-corrected chi connectivity index (χ3v) is 4.42. The molecule has 19 heavy (non-hydrogen) atoms. The Labute approximate surface area is 114 Å². The van der Waals surface area contributed by atoms with E-state index in [2.05, 4.69) is 0 Å². The van der Waals surface area contributed by atoms with Crippen LogP contribution in [0.5, 0.6) is 0 Å². The van der Waals surface area contributed by atoms with E-state index in [1.54, 1.807) is 13.0 Å². The Morgan fingerprint density at radius 3 is 2.47 bits per heavy atom. The molecule has 110 valence electrons. The standard InChI is InChI=1S/C12H22N2O4S/c1-10(15)7-8-14(4)9-11-5-6-12(18-11)19(16,17)13(2)3/h5-6,10,15H,7-9H2,1-4H3. The van der Waals surface area contributed by atoms with E-state index >= 15 is 0 Å². The average Bonchev–Trinajstić information content (AvgIpc) is 2.75. The zero-order chi connectivity index (χ0) is 14.6. The van der Waals surface area contributed by atoms with Gasteiger partial charge in [-0.2, -0.15) is 0 Å². The largest absolute Gasteiger partial charge is 0.447 e. The van der Waals surface area contributed by atoms with Gasteiger partial charge in [0, 0.05) is 20.6 Å². The first-order valence-electron chi connectivity index (χ1n) is 6.11. The van der Waals surface area contributed by atoms with Crippen LogP contribution in [0.4, 0.5) is 0 Å². The lowest BCUT2D eigenvalue weighted by molar-refractivity contribution is 0.159. The second-order valence-corrected chi connectivity index (χ2v) is 6.97. The molecule has 1 atom stereocenters. The van der Waals surface area contributed by atoms with E-state index in [1.165, 1.54) is 20.2 Å². The topological polar surface area (TPSA) is 74.0 Å². The van der Waals surface area contributed by atoms with Gasteiger partial charge in [0.05, 0.1) is 12.6 Å². The van der Waals surface area contributed by atoms with Crippen LogP contribution in [-0.4, -0.2) is 56.5 Å². The van der Waals surface area contributed by atoms with Crippen molar-refractivity contribution < 1.29 is 17.9 Å². The Morgan fingerprint density at radius 1 is 1.32 bits per heavy atom. The summed E-state index contributed by atoms with van der Waals surface area (Å²) in [7, 11) is 1.31. The molecule has 0 aliphatic heterocycles. The Morgan fingerprint density at radius 2 is 1.95 bits per heavy atom.